The molecule has 3 rings (SSSR count). The third-order valence-corrected chi connectivity index (χ3v) is 2.36. The zero-order valence-electron chi connectivity index (χ0n) is 9.56. The van der Waals surface area contributed by atoms with Crippen molar-refractivity contribution >= 4 is 0 Å². The topological polar surface area (TPSA) is 101 Å². The maximum Gasteiger partial charge on any atom is 0.258 e. The smallest absolute Gasteiger partial charge is 0.258 e. The minimum atomic E-state index is 0.291. The van der Waals surface area contributed by atoms with E-state index in [1.165, 1.54) is 12.5 Å². The van der Waals surface area contributed by atoms with Crippen molar-refractivity contribution in [1.29, 1.82) is 5.26 Å². The van der Waals surface area contributed by atoms with Crippen LogP contribution in [-0.4, -0.2) is 25.1 Å². The first-order chi connectivity index (χ1) is 9.36. The Labute approximate surface area is 107 Å². The molecular formula is C12H6N6O. The van der Waals surface area contributed by atoms with E-state index in [4.69, 9.17) is 9.78 Å². The molecule has 3 aromatic rings. The van der Waals surface area contributed by atoms with E-state index in [2.05, 4.69) is 25.1 Å². The lowest BCUT2D eigenvalue weighted by molar-refractivity contribution is 0.432. The minimum absolute atomic E-state index is 0.291. The molecule has 0 N–H and O–H groups in total. The average Bonchev–Trinajstić information content (AvgIpc) is 2.98. The van der Waals surface area contributed by atoms with Gasteiger partial charge in [-0.1, -0.05) is 5.16 Å². The van der Waals surface area contributed by atoms with Crippen LogP contribution < -0.4 is 0 Å². The van der Waals surface area contributed by atoms with E-state index in [9.17, 15) is 0 Å². The molecule has 19 heavy (non-hydrogen) atoms. The van der Waals surface area contributed by atoms with E-state index in [1.807, 2.05) is 6.07 Å². The van der Waals surface area contributed by atoms with E-state index in [0.717, 1.165) is 0 Å². The number of hydrogen-bond acceptors (Lipinski definition) is 7. The largest absolute Gasteiger partial charge is 0.334 e. The van der Waals surface area contributed by atoms with Gasteiger partial charge >= 0.3 is 0 Å². The van der Waals surface area contributed by atoms with Crippen LogP contribution in [0.1, 0.15) is 5.69 Å². The number of nitriles is 1. The zero-order valence-corrected chi connectivity index (χ0v) is 9.56. The van der Waals surface area contributed by atoms with E-state index in [1.54, 1.807) is 24.4 Å². The van der Waals surface area contributed by atoms with Gasteiger partial charge in [0, 0.05) is 18.0 Å². The molecule has 0 atom stereocenters. The lowest BCUT2D eigenvalue weighted by Gasteiger charge is -1.93. The number of nitrogens with zero attached hydrogens (tertiary/aromatic N) is 6. The lowest BCUT2D eigenvalue weighted by atomic mass is 10.2. The molecule has 0 radical (unpaired) electrons. The Kier molecular flexibility index (Phi) is 2.67. The van der Waals surface area contributed by atoms with Gasteiger partial charge in [0.2, 0.25) is 5.82 Å². The fourth-order valence-electron chi connectivity index (χ4n) is 1.49. The first kappa shape index (κ1) is 11.0. The second-order valence-electron chi connectivity index (χ2n) is 3.56. The summed E-state index contributed by atoms with van der Waals surface area (Å²) in [6.45, 7) is 0. The predicted molar refractivity (Wildman–Crippen MR) is 63.3 cm³/mol. The highest BCUT2D eigenvalue weighted by Gasteiger charge is 2.11. The molecule has 0 amide bonds. The van der Waals surface area contributed by atoms with E-state index in [-0.39, 0.29) is 0 Å². The molecule has 0 bridgehead atoms. The van der Waals surface area contributed by atoms with Gasteiger partial charge in [-0.05, 0) is 18.2 Å². The molecule has 7 heteroatoms. The summed E-state index contributed by atoms with van der Waals surface area (Å²) in [6.07, 6.45) is 4.52. The predicted octanol–water partition coefficient (Wildman–Crippen LogP) is 1.46. The van der Waals surface area contributed by atoms with Gasteiger partial charge in [0.15, 0.2) is 0 Å². The molecule has 0 aromatic carbocycles. The van der Waals surface area contributed by atoms with Crippen LogP contribution in [0.5, 0.6) is 0 Å². The minimum Gasteiger partial charge on any atom is -0.334 e. The van der Waals surface area contributed by atoms with Crippen LogP contribution in [0.15, 0.2) is 41.4 Å². The summed E-state index contributed by atoms with van der Waals surface area (Å²) in [5.41, 5.74) is 1.50. The fraction of sp³-hybridized carbons (Fsp3) is 0. The summed E-state index contributed by atoms with van der Waals surface area (Å²) >= 11 is 0. The monoisotopic (exact) mass is 250 g/mol. The fourth-order valence-corrected chi connectivity index (χ4v) is 1.49. The summed E-state index contributed by atoms with van der Waals surface area (Å²) in [5.74, 6) is 0.681. The number of hydrogen-bond donors (Lipinski definition) is 0. The van der Waals surface area contributed by atoms with Crippen LogP contribution in [0, 0.1) is 11.3 Å². The molecule has 7 nitrogen and oxygen atoms in total. The molecule has 90 valence electrons. The summed E-state index contributed by atoms with van der Waals surface area (Å²) < 4.78 is 5.15. The van der Waals surface area contributed by atoms with Gasteiger partial charge in [-0.3, -0.25) is 0 Å². The van der Waals surface area contributed by atoms with Crippen molar-refractivity contribution in [3.63, 3.8) is 0 Å². The quantitative estimate of drug-likeness (QED) is 0.678. The Morgan fingerprint density at radius 1 is 1.16 bits per heavy atom. The molecule has 3 aromatic heterocycles. The normalized spacial score (nSPS) is 10.1. The third kappa shape index (κ3) is 2.14. The van der Waals surface area contributed by atoms with Crippen molar-refractivity contribution in [3.05, 3.63) is 42.6 Å². The second-order valence-corrected chi connectivity index (χ2v) is 3.56. The van der Waals surface area contributed by atoms with E-state index in [0.29, 0.717) is 28.7 Å². The van der Waals surface area contributed by atoms with Gasteiger partial charge < -0.3 is 4.52 Å². The van der Waals surface area contributed by atoms with Gasteiger partial charge in [-0.15, -0.1) is 0 Å². The summed E-state index contributed by atoms with van der Waals surface area (Å²) in [4.78, 5) is 15.9. The highest BCUT2D eigenvalue weighted by Crippen LogP contribution is 2.20. The Bertz CT molecular complexity index is 746. The van der Waals surface area contributed by atoms with Gasteiger partial charge in [0.1, 0.15) is 23.8 Å². The molecule has 0 aliphatic rings. The molecule has 0 fully saturated rings. The maximum atomic E-state index is 8.80. The molecule has 0 unspecified atom stereocenters. The van der Waals surface area contributed by atoms with Crippen LogP contribution in [0.4, 0.5) is 0 Å². The summed E-state index contributed by atoms with van der Waals surface area (Å²) in [6, 6.07) is 6.91. The Balaban J connectivity index is 2.00. The summed E-state index contributed by atoms with van der Waals surface area (Å²) in [7, 11) is 0. The molecular weight excluding hydrogens is 244 g/mol. The molecule has 0 aliphatic carbocycles. The lowest BCUT2D eigenvalue weighted by Crippen LogP contribution is -1.87. The van der Waals surface area contributed by atoms with Crippen molar-refractivity contribution in [2.45, 2.75) is 0 Å². The van der Waals surface area contributed by atoms with E-state index >= 15 is 0 Å². The van der Waals surface area contributed by atoms with Gasteiger partial charge in [0.25, 0.3) is 5.89 Å². The molecule has 0 saturated carbocycles. The molecule has 0 spiro atoms. The van der Waals surface area contributed by atoms with Gasteiger partial charge in [-0.25, -0.2) is 15.0 Å². The highest BCUT2D eigenvalue weighted by molar-refractivity contribution is 5.57. The molecule has 0 aliphatic heterocycles. The second kappa shape index (κ2) is 4.62. The van der Waals surface area contributed by atoms with Gasteiger partial charge in [-0.2, -0.15) is 10.2 Å². The third-order valence-electron chi connectivity index (χ3n) is 2.36. The standard InChI is InChI=1S/C12H6N6O/c13-6-9-5-8(1-4-15-9)12-17-11(18-19-12)10-2-3-14-7-16-10/h1-5,7H. The maximum absolute atomic E-state index is 8.80. The SMILES string of the molecule is N#Cc1cc(-c2nc(-c3ccncn3)no2)ccn1. The van der Waals surface area contributed by atoms with Crippen molar-refractivity contribution < 1.29 is 4.52 Å². The molecule has 3 heterocycles. The van der Waals surface area contributed by atoms with E-state index < -0.39 is 0 Å². The van der Waals surface area contributed by atoms with Gasteiger partial charge in [0.05, 0.1) is 0 Å². The van der Waals surface area contributed by atoms with Crippen molar-refractivity contribution in [1.82, 2.24) is 25.1 Å². The Hall–Kier alpha value is -3.14. The van der Waals surface area contributed by atoms with Crippen molar-refractivity contribution in [2.75, 3.05) is 0 Å². The van der Waals surface area contributed by atoms with Crippen LogP contribution in [-0.2, 0) is 0 Å². The van der Waals surface area contributed by atoms with Crippen LogP contribution in [0.25, 0.3) is 23.0 Å². The van der Waals surface area contributed by atoms with Crippen LogP contribution in [0.2, 0.25) is 0 Å². The number of aromatic nitrogens is 5. The van der Waals surface area contributed by atoms with Crippen molar-refractivity contribution in [3.8, 4) is 29.0 Å². The highest BCUT2D eigenvalue weighted by atomic mass is 16.5. The number of rotatable bonds is 2. The molecule has 0 saturated heterocycles. The first-order valence-electron chi connectivity index (χ1n) is 5.33. The first-order valence-corrected chi connectivity index (χ1v) is 5.33. The summed E-state index contributed by atoms with van der Waals surface area (Å²) in [5, 5.41) is 12.6. The van der Waals surface area contributed by atoms with Crippen molar-refractivity contribution in [2.24, 2.45) is 0 Å². The Morgan fingerprint density at radius 2 is 2.11 bits per heavy atom. The van der Waals surface area contributed by atoms with Crippen LogP contribution in [0.3, 0.4) is 0 Å². The number of pyridine rings is 1. The average molecular weight is 250 g/mol. The van der Waals surface area contributed by atoms with Crippen LogP contribution >= 0.6 is 0 Å². The Morgan fingerprint density at radius 3 is 2.89 bits per heavy atom. The zero-order chi connectivity index (χ0) is 13.1.